The summed E-state index contributed by atoms with van der Waals surface area (Å²) in [5, 5.41) is 38.5. The van der Waals surface area contributed by atoms with Crippen molar-refractivity contribution >= 4 is 39.3 Å². The highest BCUT2D eigenvalue weighted by Gasteiger charge is 2.46. The SMILES string of the molecule is OCC1OC(Sc2cncc(Br)c2)C(O)C(n2cc(-c3cc(F)c(Cl)c(F)c3)nn2)C1O. The van der Waals surface area contributed by atoms with Crippen LogP contribution in [0, 0.1) is 11.6 Å². The second kappa shape index (κ2) is 9.67. The number of hydrogen-bond acceptors (Lipinski definition) is 8. The van der Waals surface area contributed by atoms with Crippen molar-refractivity contribution < 1.29 is 28.8 Å². The van der Waals surface area contributed by atoms with E-state index in [0.29, 0.717) is 4.90 Å². The van der Waals surface area contributed by atoms with Crippen molar-refractivity contribution in [3.63, 3.8) is 0 Å². The molecule has 13 heteroatoms. The van der Waals surface area contributed by atoms with E-state index in [1.54, 1.807) is 18.5 Å². The molecule has 5 atom stereocenters. The Morgan fingerprint density at radius 2 is 1.88 bits per heavy atom. The van der Waals surface area contributed by atoms with Gasteiger partial charge in [0.15, 0.2) is 0 Å². The van der Waals surface area contributed by atoms with E-state index in [1.165, 1.54) is 10.9 Å². The van der Waals surface area contributed by atoms with Crippen LogP contribution in [0.2, 0.25) is 5.02 Å². The quantitative estimate of drug-likeness (QED) is 0.417. The maximum Gasteiger partial charge on any atom is 0.145 e. The van der Waals surface area contributed by atoms with Gasteiger partial charge in [-0.25, -0.2) is 13.5 Å². The fraction of sp³-hybridized carbons (Fsp3) is 0.316. The minimum atomic E-state index is -1.33. The van der Waals surface area contributed by atoms with Crippen LogP contribution in [-0.4, -0.2) is 65.7 Å². The van der Waals surface area contributed by atoms with Gasteiger partial charge in [-0.3, -0.25) is 4.98 Å². The first kappa shape index (κ1) is 23.5. The fourth-order valence-corrected chi connectivity index (χ4v) is 5.04. The van der Waals surface area contributed by atoms with Crippen LogP contribution in [0.5, 0.6) is 0 Å². The van der Waals surface area contributed by atoms with Crippen LogP contribution in [-0.2, 0) is 4.74 Å². The summed E-state index contributed by atoms with van der Waals surface area (Å²) in [6, 6.07) is 2.73. The topological polar surface area (TPSA) is 114 Å². The Morgan fingerprint density at radius 3 is 2.53 bits per heavy atom. The predicted molar refractivity (Wildman–Crippen MR) is 115 cm³/mol. The van der Waals surface area contributed by atoms with Gasteiger partial charge in [-0.2, -0.15) is 0 Å². The summed E-state index contributed by atoms with van der Waals surface area (Å²) >= 11 is 10.00. The first-order valence-electron chi connectivity index (χ1n) is 9.25. The van der Waals surface area contributed by atoms with Crippen LogP contribution in [0.3, 0.4) is 0 Å². The number of thioether (sulfide) groups is 1. The monoisotopic (exact) mass is 548 g/mol. The maximum atomic E-state index is 13.8. The molecule has 0 amide bonds. The van der Waals surface area contributed by atoms with Crippen LogP contribution in [0.4, 0.5) is 8.78 Å². The van der Waals surface area contributed by atoms with Gasteiger partial charge in [-0.1, -0.05) is 28.6 Å². The summed E-state index contributed by atoms with van der Waals surface area (Å²) in [6.45, 7) is -0.507. The van der Waals surface area contributed by atoms with E-state index < -0.39 is 53.1 Å². The lowest BCUT2D eigenvalue weighted by Gasteiger charge is -2.41. The van der Waals surface area contributed by atoms with Crippen molar-refractivity contribution in [2.45, 2.75) is 34.7 Å². The number of aromatic nitrogens is 4. The van der Waals surface area contributed by atoms with Crippen LogP contribution < -0.4 is 0 Å². The number of hydrogen-bond donors (Lipinski definition) is 3. The lowest BCUT2D eigenvalue weighted by molar-refractivity contribution is -0.178. The molecule has 1 aliphatic rings. The largest absolute Gasteiger partial charge is 0.394 e. The third-order valence-corrected chi connectivity index (χ3v) is 6.79. The van der Waals surface area contributed by atoms with E-state index in [-0.39, 0.29) is 11.3 Å². The zero-order chi connectivity index (χ0) is 23.0. The molecule has 1 saturated heterocycles. The van der Waals surface area contributed by atoms with E-state index >= 15 is 0 Å². The van der Waals surface area contributed by atoms with Crippen LogP contribution in [0.1, 0.15) is 6.04 Å². The van der Waals surface area contributed by atoms with Gasteiger partial charge in [0.2, 0.25) is 0 Å². The second-order valence-corrected chi connectivity index (χ2v) is 9.46. The molecule has 0 bridgehead atoms. The first-order valence-corrected chi connectivity index (χ1v) is 11.3. The molecule has 3 N–H and O–H groups in total. The zero-order valence-corrected chi connectivity index (χ0v) is 19.2. The summed E-state index contributed by atoms with van der Waals surface area (Å²) in [5.41, 5.74) is -0.697. The molecule has 1 aliphatic heterocycles. The number of halogens is 4. The molecule has 3 heterocycles. The Kier molecular flexibility index (Phi) is 7.10. The van der Waals surface area contributed by atoms with Gasteiger partial charge in [-0.05, 0) is 34.1 Å². The average molecular weight is 550 g/mol. The van der Waals surface area contributed by atoms with Crippen molar-refractivity contribution in [2.24, 2.45) is 0 Å². The Bertz CT molecular complexity index is 1100. The minimum Gasteiger partial charge on any atom is -0.394 e. The molecule has 0 radical (unpaired) electrons. The molecule has 0 aliphatic carbocycles. The van der Waals surface area contributed by atoms with Crippen molar-refractivity contribution in [2.75, 3.05) is 6.61 Å². The number of pyridine rings is 1. The molecule has 170 valence electrons. The summed E-state index contributed by atoms with van der Waals surface area (Å²) in [4.78, 5) is 4.74. The van der Waals surface area contributed by atoms with Crippen molar-refractivity contribution in [3.05, 3.63) is 57.9 Å². The van der Waals surface area contributed by atoms with Gasteiger partial charge in [0, 0.05) is 27.3 Å². The van der Waals surface area contributed by atoms with Crippen molar-refractivity contribution in [1.82, 2.24) is 20.0 Å². The third-order valence-electron chi connectivity index (χ3n) is 4.88. The Balaban J connectivity index is 1.64. The summed E-state index contributed by atoms with van der Waals surface area (Å²) in [5.74, 6) is -1.91. The number of aliphatic hydroxyl groups is 3. The number of benzene rings is 1. The van der Waals surface area contributed by atoms with E-state index in [1.807, 2.05) is 0 Å². The maximum absolute atomic E-state index is 13.8. The smallest absolute Gasteiger partial charge is 0.145 e. The first-order chi connectivity index (χ1) is 15.3. The second-order valence-electron chi connectivity index (χ2n) is 6.99. The van der Waals surface area contributed by atoms with Gasteiger partial charge < -0.3 is 20.1 Å². The molecular formula is C19H16BrClF2N4O4S. The zero-order valence-electron chi connectivity index (χ0n) is 16.0. The molecule has 5 unspecified atom stereocenters. The highest BCUT2D eigenvalue weighted by Crippen LogP contribution is 2.38. The third kappa shape index (κ3) is 4.67. The summed E-state index contributed by atoms with van der Waals surface area (Å²) < 4.78 is 35.3. The highest BCUT2D eigenvalue weighted by molar-refractivity contribution is 9.10. The van der Waals surface area contributed by atoms with E-state index in [9.17, 15) is 24.1 Å². The predicted octanol–water partition coefficient (Wildman–Crippen LogP) is 2.81. The van der Waals surface area contributed by atoms with Crippen LogP contribution in [0.25, 0.3) is 11.3 Å². The molecule has 0 saturated carbocycles. The van der Waals surface area contributed by atoms with E-state index in [0.717, 1.165) is 28.4 Å². The molecule has 0 spiro atoms. The minimum absolute atomic E-state index is 0.0801. The van der Waals surface area contributed by atoms with E-state index in [2.05, 4.69) is 31.2 Å². The molecule has 3 aromatic rings. The molecule has 8 nitrogen and oxygen atoms in total. The fourth-order valence-electron chi connectivity index (χ4n) is 3.33. The van der Waals surface area contributed by atoms with Gasteiger partial charge in [0.25, 0.3) is 0 Å². The standard InChI is InChI=1S/C19H16BrClF2N4O4S/c20-9-3-10(5-24-4-9)32-19-18(30)16(17(29)14(7-28)31-19)27-6-13(25-26-27)8-1-11(22)15(21)12(23)2-8/h1-6,14,16-19,28-30H,7H2. The van der Waals surface area contributed by atoms with Gasteiger partial charge in [0.1, 0.15) is 52.1 Å². The number of aliphatic hydroxyl groups excluding tert-OH is 3. The van der Waals surface area contributed by atoms with Gasteiger partial charge in [-0.15, -0.1) is 5.10 Å². The van der Waals surface area contributed by atoms with Crippen molar-refractivity contribution in [3.8, 4) is 11.3 Å². The Morgan fingerprint density at radius 1 is 1.16 bits per heavy atom. The van der Waals surface area contributed by atoms with Crippen LogP contribution >= 0.6 is 39.3 Å². The summed E-state index contributed by atoms with van der Waals surface area (Å²) in [7, 11) is 0. The molecule has 1 aromatic carbocycles. The number of ether oxygens (including phenoxy) is 1. The van der Waals surface area contributed by atoms with Crippen LogP contribution in [0.15, 0.2) is 46.2 Å². The molecule has 2 aromatic heterocycles. The van der Waals surface area contributed by atoms with Crippen molar-refractivity contribution in [1.29, 1.82) is 0 Å². The lowest BCUT2D eigenvalue weighted by atomic mass is 9.97. The lowest BCUT2D eigenvalue weighted by Crippen LogP contribution is -2.55. The molecule has 4 rings (SSSR count). The number of nitrogens with zero attached hydrogens (tertiary/aromatic N) is 4. The van der Waals surface area contributed by atoms with Gasteiger partial charge in [0.05, 0.1) is 12.8 Å². The number of rotatable bonds is 5. The average Bonchev–Trinajstić information content (AvgIpc) is 3.23. The Hall–Kier alpha value is -1.67. The molecular weight excluding hydrogens is 534 g/mol. The highest BCUT2D eigenvalue weighted by atomic mass is 79.9. The van der Waals surface area contributed by atoms with Gasteiger partial charge >= 0.3 is 0 Å². The normalized spacial score (nSPS) is 25.8. The van der Waals surface area contributed by atoms with E-state index in [4.69, 9.17) is 16.3 Å². The summed E-state index contributed by atoms with van der Waals surface area (Å²) in [6.07, 6.45) is 0.896. The molecule has 32 heavy (non-hydrogen) atoms. The molecule has 1 fully saturated rings. The Labute approximate surface area is 198 Å².